The van der Waals surface area contributed by atoms with Crippen molar-refractivity contribution in [1.29, 1.82) is 0 Å². The monoisotopic (exact) mass is 478 g/mol. The van der Waals surface area contributed by atoms with Gasteiger partial charge in [-0.25, -0.2) is 9.18 Å². The summed E-state index contributed by atoms with van der Waals surface area (Å²) in [6.45, 7) is 7.49. The molecule has 0 saturated carbocycles. The molecule has 2 aromatic carbocycles. The molecular weight excluding hydrogens is 455 g/mol. The van der Waals surface area contributed by atoms with E-state index >= 15 is 0 Å². The molecule has 0 radical (unpaired) electrons. The Morgan fingerprint density at radius 3 is 2.41 bits per heavy atom. The van der Waals surface area contributed by atoms with Crippen molar-refractivity contribution in [2.24, 2.45) is 0 Å². The van der Waals surface area contributed by atoms with E-state index in [1.165, 1.54) is 24.1 Å². The largest absolute Gasteiger partial charge is 0.465 e. The summed E-state index contributed by atoms with van der Waals surface area (Å²) in [7, 11) is 1.25. The second kappa shape index (κ2) is 8.95. The molecule has 2 heterocycles. The lowest BCUT2D eigenvalue weighted by molar-refractivity contribution is -0.136. The second-order valence-electron chi connectivity index (χ2n) is 8.19. The van der Waals surface area contributed by atoms with Crippen molar-refractivity contribution in [2.75, 3.05) is 12.0 Å². The Kier molecular flexibility index (Phi) is 6.19. The Labute approximate surface area is 202 Å². The van der Waals surface area contributed by atoms with E-state index in [4.69, 9.17) is 16.3 Å². The van der Waals surface area contributed by atoms with Crippen LogP contribution < -0.4 is 4.90 Å². The Morgan fingerprint density at radius 2 is 1.74 bits per heavy atom. The fourth-order valence-electron chi connectivity index (χ4n) is 4.39. The number of halogens is 2. The Morgan fingerprint density at radius 1 is 1.03 bits per heavy atom. The van der Waals surface area contributed by atoms with Gasteiger partial charge < -0.3 is 9.30 Å². The van der Waals surface area contributed by atoms with Gasteiger partial charge in [-0.2, -0.15) is 0 Å². The number of aryl methyl sites for hydroxylation is 2. The van der Waals surface area contributed by atoms with E-state index in [1.54, 1.807) is 25.1 Å². The molecule has 34 heavy (non-hydrogen) atoms. The molecule has 7 heteroatoms. The summed E-state index contributed by atoms with van der Waals surface area (Å²) >= 11 is 6.24. The molecule has 3 aromatic rings. The fourth-order valence-corrected chi connectivity index (χ4v) is 4.55. The van der Waals surface area contributed by atoms with Gasteiger partial charge in [0.25, 0.3) is 5.91 Å². The predicted octanol–water partition coefficient (Wildman–Crippen LogP) is 6.07. The Balaban J connectivity index is 1.89. The first-order chi connectivity index (χ1) is 16.1. The number of anilines is 1. The highest BCUT2D eigenvalue weighted by Gasteiger charge is 2.39. The topological polar surface area (TPSA) is 51.5 Å². The highest BCUT2D eigenvalue weighted by atomic mass is 35.5. The summed E-state index contributed by atoms with van der Waals surface area (Å²) in [4.78, 5) is 27.4. The molecule has 174 valence electrons. The number of para-hydroxylation sites is 1. The minimum atomic E-state index is -0.657. The maximum atomic E-state index is 14.6. The number of hydrogen-bond acceptors (Lipinski definition) is 3. The molecule has 0 aliphatic carbocycles. The lowest BCUT2D eigenvalue weighted by atomic mass is 10.0. The van der Waals surface area contributed by atoms with Gasteiger partial charge >= 0.3 is 5.97 Å². The van der Waals surface area contributed by atoms with E-state index in [9.17, 15) is 14.0 Å². The number of amides is 1. The van der Waals surface area contributed by atoms with Gasteiger partial charge in [-0.1, -0.05) is 29.8 Å². The zero-order chi connectivity index (χ0) is 24.7. The van der Waals surface area contributed by atoms with Crippen LogP contribution in [0.15, 0.2) is 65.4 Å². The van der Waals surface area contributed by atoms with E-state index in [1.807, 2.05) is 45.0 Å². The zero-order valence-corrected chi connectivity index (χ0v) is 20.3. The van der Waals surface area contributed by atoms with Gasteiger partial charge in [0.05, 0.1) is 23.9 Å². The van der Waals surface area contributed by atoms with Crippen molar-refractivity contribution >= 4 is 35.2 Å². The van der Waals surface area contributed by atoms with Crippen molar-refractivity contribution in [3.63, 3.8) is 0 Å². The summed E-state index contributed by atoms with van der Waals surface area (Å²) in [5, 5.41) is 0.617. The molecule has 5 nitrogen and oxygen atoms in total. The smallest absolute Gasteiger partial charge is 0.340 e. The van der Waals surface area contributed by atoms with Crippen molar-refractivity contribution < 1.29 is 18.7 Å². The van der Waals surface area contributed by atoms with Crippen LogP contribution in [0.25, 0.3) is 11.8 Å². The first-order valence-electron chi connectivity index (χ1n) is 10.7. The molecule has 1 aromatic heterocycles. The second-order valence-corrected chi connectivity index (χ2v) is 8.63. The van der Waals surface area contributed by atoms with Gasteiger partial charge in [-0.05, 0) is 75.2 Å². The van der Waals surface area contributed by atoms with Gasteiger partial charge in [0.2, 0.25) is 0 Å². The molecule has 0 spiro atoms. The summed E-state index contributed by atoms with van der Waals surface area (Å²) in [6.07, 6.45) is 1.66. The van der Waals surface area contributed by atoms with Gasteiger partial charge in [0.1, 0.15) is 5.82 Å². The maximum Gasteiger partial charge on any atom is 0.340 e. The number of aromatic nitrogens is 1. The normalized spacial score (nSPS) is 15.0. The lowest BCUT2D eigenvalue weighted by Crippen LogP contribution is -2.25. The number of allylic oxidation sites excluding steroid dienone is 1. The standard InChI is InChI=1S/C27H24ClFN2O3/c1-15-10-11-20(28)14-24(15)30-16(2)12-19(17(30)3)13-21-25(27(33)34-5)18(4)31(26(21)32)23-9-7-6-8-22(23)29/h6-14H,1-5H3/b21-13-. The van der Waals surface area contributed by atoms with Gasteiger partial charge in [0.15, 0.2) is 0 Å². The summed E-state index contributed by atoms with van der Waals surface area (Å²) in [6, 6.07) is 13.6. The zero-order valence-electron chi connectivity index (χ0n) is 19.6. The highest BCUT2D eigenvalue weighted by Crippen LogP contribution is 2.37. The predicted molar refractivity (Wildman–Crippen MR) is 132 cm³/mol. The average molecular weight is 479 g/mol. The summed E-state index contributed by atoms with van der Waals surface area (Å²) in [5.41, 5.74) is 5.18. The van der Waals surface area contributed by atoms with E-state index in [-0.39, 0.29) is 16.8 Å². The Hall–Kier alpha value is -3.64. The molecule has 0 bridgehead atoms. The molecule has 1 amide bonds. The van der Waals surface area contributed by atoms with Crippen LogP contribution in [0.3, 0.4) is 0 Å². The SMILES string of the molecule is COC(=O)C1=C(C)N(c2ccccc2F)C(=O)/C1=C\c1cc(C)n(-c2cc(Cl)ccc2C)c1C. The number of hydrogen-bond donors (Lipinski definition) is 0. The summed E-state index contributed by atoms with van der Waals surface area (Å²) in [5.74, 6) is -1.71. The average Bonchev–Trinajstić information content (AvgIpc) is 3.21. The minimum Gasteiger partial charge on any atom is -0.465 e. The van der Waals surface area contributed by atoms with E-state index in [0.717, 1.165) is 28.2 Å². The third-order valence-corrected chi connectivity index (χ3v) is 6.30. The molecule has 0 atom stereocenters. The molecule has 1 aliphatic rings. The van der Waals surface area contributed by atoms with Gasteiger partial charge in [-0.15, -0.1) is 0 Å². The molecule has 0 fully saturated rings. The van der Waals surface area contributed by atoms with Crippen molar-refractivity contribution in [1.82, 2.24) is 4.57 Å². The maximum absolute atomic E-state index is 14.6. The molecule has 1 aliphatic heterocycles. The third kappa shape index (κ3) is 3.84. The number of benzene rings is 2. The molecule has 0 saturated heterocycles. The highest BCUT2D eigenvalue weighted by molar-refractivity contribution is 6.30. The number of nitrogens with zero attached hydrogens (tertiary/aromatic N) is 2. The lowest BCUT2D eigenvalue weighted by Gasteiger charge is -2.18. The number of rotatable bonds is 4. The number of methoxy groups -OCH3 is 1. The van der Waals surface area contributed by atoms with E-state index < -0.39 is 17.7 Å². The quantitative estimate of drug-likeness (QED) is 0.337. The minimum absolute atomic E-state index is 0.0785. The number of ether oxygens (including phenoxy) is 1. The van der Waals surface area contributed by atoms with Crippen molar-refractivity contribution in [3.8, 4) is 5.69 Å². The van der Waals surface area contributed by atoms with Crippen molar-refractivity contribution in [2.45, 2.75) is 27.7 Å². The van der Waals surface area contributed by atoms with E-state index in [2.05, 4.69) is 4.57 Å². The number of carbonyl (C=O) groups excluding carboxylic acids is 2. The van der Waals surface area contributed by atoms with Crippen LogP contribution in [0, 0.1) is 26.6 Å². The molecular formula is C27H24ClFN2O3. The van der Waals surface area contributed by atoms with Crippen LogP contribution in [-0.4, -0.2) is 23.6 Å². The van der Waals surface area contributed by atoms with Crippen LogP contribution in [0.5, 0.6) is 0 Å². The molecule has 0 N–H and O–H groups in total. The molecule has 4 rings (SSSR count). The van der Waals surface area contributed by atoms with Crippen LogP contribution in [0.1, 0.15) is 29.4 Å². The van der Waals surface area contributed by atoms with Crippen LogP contribution in [-0.2, 0) is 14.3 Å². The van der Waals surface area contributed by atoms with Crippen LogP contribution in [0.2, 0.25) is 5.02 Å². The first kappa shape index (κ1) is 23.5. The third-order valence-electron chi connectivity index (χ3n) is 6.07. The first-order valence-corrected chi connectivity index (χ1v) is 11.1. The Bertz CT molecular complexity index is 1400. The van der Waals surface area contributed by atoms with Gasteiger partial charge in [0, 0.05) is 27.8 Å². The van der Waals surface area contributed by atoms with E-state index in [0.29, 0.717) is 10.7 Å². The fraction of sp³-hybridized carbons (Fsp3) is 0.185. The van der Waals surface area contributed by atoms with Crippen LogP contribution in [0.4, 0.5) is 10.1 Å². The van der Waals surface area contributed by atoms with Crippen LogP contribution >= 0.6 is 11.6 Å². The molecule has 0 unspecified atom stereocenters. The van der Waals surface area contributed by atoms with Gasteiger partial charge in [-0.3, -0.25) is 9.69 Å². The number of carbonyl (C=O) groups is 2. The summed E-state index contributed by atoms with van der Waals surface area (Å²) < 4.78 is 21.6. The number of esters is 1. The van der Waals surface area contributed by atoms with Crippen molar-refractivity contribution in [3.05, 3.63) is 98.7 Å².